The second-order valence-electron chi connectivity index (χ2n) is 3.55. The predicted octanol–water partition coefficient (Wildman–Crippen LogP) is 3.84. The van der Waals surface area contributed by atoms with Crippen molar-refractivity contribution in [2.45, 2.75) is 0 Å². The summed E-state index contributed by atoms with van der Waals surface area (Å²) in [4.78, 5) is 15.6. The topological polar surface area (TPSA) is 39.2 Å². The number of carbonyl (C=O) groups excluding carboxylic acids is 1. The molecule has 0 amide bonds. The highest BCUT2D eigenvalue weighted by atomic mass is 35.5. The number of rotatable bonds is 2. The number of carbonyl (C=O) groups is 1. The van der Waals surface area contributed by atoms with E-state index in [4.69, 9.17) is 23.2 Å². The van der Waals surface area contributed by atoms with E-state index >= 15 is 0 Å². The molecule has 0 unspecified atom stereocenters. The summed E-state index contributed by atoms with van der Waals surface area (Å²) in [6.07, 6.45) is 1.53. The van der Waals surface area contributed by atoms with Crippen molar-refractivity contribution < 1.29 is 9.53 Å². The molecule has 5 heteroatoms. The summed E-state index contributed by atoms with van der Waals surface area (Å²) in [5.41, 5.74) is 1.74. The molecule has 0 N–H and O–H groups in total. The Hall–Kier alpha value is -1.58. The van der Waals surface area contributed by atoms with Crippen molar-refractivity contribution >= 4 is 29.2 Å². The van der Waals surface area contributed by atoms with Crippen LogP contribution in [0.1, 0.15) is 10.4 Å². The van der Waals surface area contributed by atoms with Crippen molar-refractivity contribution in [1.82, 2.24) is 4.98 Å². The molecule has 0 aliphatic heterocycles. The first-order valence-electron chi connectivity index (χ1n) is 5.11. The number of benzene rings is 1. The van der Waals surface area contributed by atoms with Crippen LogP contribution in [0.4, 0.5) is 0 Å². The number of hydrogen-bond donors (Lipinski definition) is 0. The van der Waals surface area contributed by atoms with Crippen molar-refractivity contribution in [3.05, 3.63) is 52.1 Å². The highest BCUT2D eigenvalue weighted by Crippen LogP contribution is 2.29. The Morgan fingerprint density at radius 1 is 1.22 bits per heavy atom. The van der Waals surface area contributed by atoms with Gasteiger partial charge in [0.15, 0.2) is 0 Å². The second-order valence-corrected chi connectivity index (χ2v) is 4.39. The summed E-state index contributed by atoms with van der Waals surface area (Å²) in [5, 5.41) is 1.03. The number of nitrogens with zero attached hydrogens (tertiary/aromatic N) is 1. The maximum absolute atomic E-state index is 11.4. The van der Waals surface area contributed by atoms with Crippen LogP contribution in [0.25, 0.3) is 11.3 Å². The molecule has 0 bridgehead atoms. The monoisotopic (exact) mass is 281 g/mol. The van der Waals surface area contributed by atoms with Crippen LogP contribution in [-0.2, 0) is 4.74 Å². The third-order valence-corrected chi connectivity index (χ3v) is 2.94. The Morgan fingerprint density at radius 2 is 2.00 bits per heavy atom. The molecule has 92 valence electrons. The summed E-state index contributed by atoms with van der Waals surface area (Å²) in [5.74, 6) is -0.413. The summed E-state index contributed by atoms with van der Waals surface area (Å²) in [7, 11) is 1.33. The van der Waals surface area contributed by atoms with Gasteiger partial charge >= 0.3 is 5.97 Å². The molecule has 0 aliphatic carbocycles. The molecule has 1 heterocycles. The Morgan fingerprint density at radius 3 is 2.67 bits per heavy atom. The Bertz CT molecular complexity index is 599. The Kier molecular flexibility index (Phi) is 3.84. The lowest BCUT2D eigenvalue weighted by molar-refractivity contribution is 0.0600. The fraction of sp³-hybridized carbons (Fsp3) is 0.0769. The Labute approximate surface area is 114 Å². The van der Waals surface area contributed by atoms with Crippen molar-refractivity contribution in [2.75, 3.05) is 7.11 Å². The van der Waals surface area contributed by atoms with Crippen molar-refractivity contribution in [2.24, 2.45) is 0 Å². The van der Waals surface area contributed by atoms with Crippen molar-refractivity contribution in [3.8, 4) is 11.3 Å². The molecule has 2 aromatic rings. The zero-order chi connectivity index (χ0) is 13.1. The van der Waals surface area contributed by atoms with Gasteiger partial charge in [-0.3, -0.25) is 4.98 Å². The van der Waals surface area contributed by atoms with E-state index in [0.29, 0.717) is 26.9 Å². The molecule has 0 atom stereocenters. The Balaban J connectivity index is 2.48. The quantitative estimate of drug-likeness (QED) is 0.785. The molecule has 1 aromatic heterocycles. The van der Waals surface area contributed by atoms with Gasteiger partial charge in [0, 0.05) is 16.8 Å². The third-order valence-electron chi connectivity index (χ3n) is 2.39. The van der Waals surface area contributed by atoms with Gasteiger partial charge in [0.25, 0.3) is 0 Å². The summed E-state index contributed by atoms with van der Waals surface area (Å²) < 4.78 is 4.66. The normalized spacial score (nSPS) is 10.2. The maximum atomic E-state index is 11.4. The van der Waals surface area contributed by atoms with Crippen LogP contribution in [0, 0.1) is 0 Å². The van der Waals surface area contributed by atoms with E-state index in [9.17, 15) is 4.79 Å². The predicted molar refractivity (Wildman–Crippen MR) is 71.0 cm³/mol. The van der Waals surface area contributed by atoms with Gasteiger partial charge in [0.2, 0.25) is 0 Å². The van der Waals surface area contributed by atoms with E-state index in [1.165, 1.54) is 13.3 Å². The second kappa shape index (κ2) is 5.38. The van der Waals surface area contributed by atoms with E-state index < -0.39 is 5.97 Å². The lowest BCUT2D eigenvalue weighted by Gasteiger charge is -2.05. The van der Waals surface area contributed by atoms with E-state index in [0.717, 1.165) is 0 Å². The zero-order valence-electron chi connectivity index (χ0n) is 9.48. The molecule has 2 rings (SSSR count). The van der Waals surface area contributed by atoms with Crippen LogP contribution in [0.5, 0.6) is 0 Å². The smallest absolute Gasteiger partial charge is 0.337 e. The van der Waals surface area contributed by atoms with Gasteiger partial charge in [-0.25, -0.2) is 4.79 Å². The molecule has 0 saturated heterocycles. The van der Waals surface area contributed by atoms with E-state index in [1.807, 2.05) is 0 Å². The minimum Gasteiger partial charge on any atom is -0.465 e. The number of halogens is 2. The van der Waals surface area contributed by atoms with Crippen LogP contribution in [0.3, 0.4) is 0 Å². The standard InChI is InChI=1S/C13H9Cl2NO2/c1-18-13(17)8-4-5-16-12(6-8)10-3-2-9(14)7-11(10)15/h2-7H,1H3. The zero-order valence-corrected chi connectivity index (χ0v) is 11.0. The molecule has 18 heavy (non-hydrogen) atoms. The first-order valence-corrected chi connectivity index (χ1v) is 5.87. The van der Waals surface area contributed by atoms with Gasteiger partial charge in [-0.05, 0) is 30.3 Å². The lowest BCUT2D eigenvalue weighted by atomic mass is 10.1. The van der Waals surface area contributed by atoms with Gasteiger partial charge in [0.05, 0.1) is 23.4 Å². The average molecular weight is 282 g/mol. The number of esters is 1. The summed E-state index contributed by atoms with van der Waals surface area (Å²) in [6.45, 7) is 0. The average Bonchev–Trinajstić information content (AvgIpc) is 2.38. The van der Waals surface area contributed by atoms with Crippen LogP contribution in [0.2, 0.25) is 10.0 Å². The van der Waals surface area contributed by atoms with Crippen molar-refractivity contribution in [3.63, 3.8) is 0 Å². The van der Waals surface area contributed by atoms with E-state index in [-0.39, 0.29) is 0 Å². The molecule has 0 fully saturated rings. The number of methoxy groups -OCH3 is 1. The highest BCUT2D eigenvalue weighted by Gasteiger charge is 2.10. The number of ether oxygens (including phenoxy) is 1. The summed E-state index contributed by atoms with van der Waals surface area (Å²) in [6, 6.07) is 8.31. The van der Waals surface area contributed by atoms with Gasteiger partial charge in [-0.2, -0.15) is 0 Å². The van der Waals surface area contributed by atoms with Crippen molar-refractivity contribution in [1.29, 1.82) is 0 Å². The molecule has 0 spiro atoms. The molecule has 0 saturated carbocycles. The van der Waals surface area contributed by atoms with E-state index in [1.54, 1.807) is 30.3 Å². The third kappa shape index (κ3) is 2.63. The van der Waals surface area contributed by atoms with Gasteiger partial charge in [-0.15, -0.1) is 0 Å². The van der Waals surface area contributed by atoms with Gasteiger partial charge in [-0.1, -0.05) is 23.2 Å². The molecule has 0 aliphatic rings. The molecule has 3 nitrogen and oxygen atoms in total. The fourth-order valence-electron chi connectivity index (χ4n) is 1.52. The van der Waals surface area contributed by atoms with Crippen LogP contribution < -0.4 is 0 Å². The number of pyridine rings is 1. The highest BCUT2D eigenvalue weighted by molar-refractivity contribution is 6.36. The SMILES string of the molecule is COC(=O)c1ccnc(-c2ccc(Cl)cc2Cl)c1. The number of hydrogen-bond acceptors (Lipinski definition) is 3. The minimum atomic E-state index is -0.413. The summed E-state index contributed by atoms with van der Waals surface area (Å²) >= 11 is 11.9. The van der Waals surface area contributed by atoms with Gasteiger partial charge in [0.1, 0.15) is 0 Å². The van der Waals surface area contributed by atoms with E-state index in [2.05, 4.69) is 9.72 Å². The molecule has 1 aromatic carbocycles. The van der Waals surface area contributed by atoms with Crippen LogP contribution in [0.15, 0.2) is 36.5 Å². The van der Waals surface area contributed by atoms with Crippen LogP contribution >= 0.6 is 23.2 Å². The fourth-order valence-corrected chi connectivity index (χ4v) is 2.03. The largest absolute Gasteiger partial charge is 0.465 e. The first kappa shape index (κ1) is 12.9. The molecular weight excluding hydrogens is 273 g/mol. The van der Waals surface area contributed by atoms with Gasteiger partial charge < -0.3 is 4.74 Å². The van der Waals surface area contributed by atoms with Crippen LogP contribution in [-0.4, -0.2) is 18.1 Å². The number of aromatic nitrogens is 1. The maximum Gasteiger partial charge on any atom is 0.337 e. The minimum absolute atomic E-state index is 0.413. The molecule has 0 radical (unpaired) electrons. The first-order chi connectivity index (χ1) is 8.61. The molecular formula is C13H9Cl2NO2. The lowest BCUT2D eigenvalue weighted by Crippen LogP contribution is -2.01.